The van der Waals surface area contributed by atoms with Gasteiger partial charge in [0.15, 0.2) is 0 Å². The molecule has 0 aromatic heterocycles. The summed E-state index contributed by atoms with van der Waals surface area (Å²) < 4.78 is 5.34. The van der Waals surface area contributed by atoms with Crippen molar-refractivity contribution in [3.63, 3.8) is 0 Å². The van der Waals surface area contributed by atoms with Crippen LogP contribution < -0.4 is 10.1 Å². The molecule has 0 saturated heterocycles. The van der Waals surface area contributed by atoms with Crippen molar-refractivity contribution in [3.05, 3.63) is 35.4 Å². The van der Waals surface area contributed by atoms with Gasteiger partial charge in [0.2, 0.25) is 5.91 Å². The van der Waals surface area contributed by atoms with Crippen molar-refractivity contribution in [2.45, 2.75) is 32.1 Å². The van der Waals surface area contributed by atoms with Crippen molar-refractivity contribution in [1.29, 1.82) is 0 Å². The molecular formula is C15H15NO3. The van der Waals surface area contributed by atoms with Crippen molar-refractivity contribution in [2.75, 3.05) is 5.32 Å². The lowest BCUT2D eigenvalue weighted by molar-refractivity contribution is -0.130. The van der Waals surface area contributed by atoms with Crippen LogP contribution in [0.5, 0.6) is 5.75 Å². The minimum absolute atomic E-state index is 0.00878. The Hall–Kier alpha value is -2.10. The zero-order chi connectivity index (χ0) is 13.2. The van der Waals surface area contributed by atoms with E-state index < -0.39 is 0 Å². The van der Waals surface area contributed by atoms with Gasteiger partial charge >= 0.3 is 5.97 Å². The fourth-order valence-electron chi connectivity index (χ4n) is 2.44. The number of benzene rings is 1. The van der Waals surface area contributed by atoms with Crippen LogP contribution in [0.3, 0.4) is 0 Å². The zero-order valence-electron chi connectivity index (χ0n) is 10.6. The molecular weight excluding hydrogens is 242 g/mol. The Morgan fingerprint density at radius 2 is 2.11 bits per heavy atom. The van der Waals surface area contributed by atoms with Crippen LogP contribution in [-0.2, 0) is 16.0 Å². The number of allylic oxidation sites excluding steroid dienone is 1. The summed E-state index contributed by atoms with van der Waals surface area (Å²) in [5.41, 5.74) is 2.59. The normalized spacial score (nSPS) is 17.5. The van der Waals surface area contributed by atoms with E-state index >= 15 is 0 Å². The fourth-order valence-corrected chi connectivity index (χ4v) is 2.44. The lowest BCUT2D eigenvalue weighted by Crippen LogP contribution is -2.19. The van der Waals surface area contributed by atoms with Crippen molar-refractivity contribution in [2.24, 2.45) is 0 Å². The predicted molar refractivity (Wildman–Crippen MR) is 71.0 cm³/mol. The van der Waals surface area contributed by atoms with Crippen molar-refractivity contribution >= 4 is 17.6 Å². The second-order valence-corrected chi connectivity index (χ2v) is 4.88. The van der Waals surface area contributed by atoms with Gasteiger partial charge in [0.05, 0.1) is 0 Å². The van der Waals surface area contributed by atoms with Gasteiger partial charge in [0.1, 0.15) is 5.75 Å². The second kappa shape index (κ2) is 4.88. The molecule has 0 fully saturated rings. The number of esters is 1. The molecule has 2 aliphatic rings. The van der Waals surface area contributed by atoms with Gasteiger partial charge in [0, 0.05) is 23.7 Å². The largest absolute Gasteiger partial charge is 0.423 e. The highest BCUT2D eigenvalue weighted by Gasteiger charge is 2.18. The van der Waals surface area contributed by atoms with Gasteiger partial charge in [-0.2, -0.15) is 0 Å². The number of rotatable bonds is 2. The van der Waals surface area contributed by atoms with Gasteiger partial charge in [-0.3, -0.25) is 4.79 Å². The predicted octanol–water partition coefficient (Wildman–Crippen LogP) is 2.59. The standard InChI is InChI=1S/C15H15NO3/c17-14-8-6-10-5-7-12(9-13(10)16-14)19-15(18)11-3-1-2-4-11/h3,5,7,9H,1-2,4,6,8H2,(H,16,17). The van der Waals surface area contributed by atoms with Gasteiger partial charge in [-0.15, -0.1) is 0 Å². The number of amides is 1. The van der Waals surface area contributed by atoms with Crippen LogP contribution in [0.4, 0.5) is 5.69 Å². The number of fused-ring (bicyclic) bond motifs is 1. The molecule has 1 heterocycles. The van der Waals surface area contributed by atoms with Crippen LogP contribution in [0, 0.1) is 0 Å². The Balaban J connectivity index is 1.76. The van der Waals surface area contributed by atoms with Gasteiger partial charge in [-0.1, -0.05) is 12.1 Å². The lowest BCUT2D eigenvalue weighted by atomic mass is 10.0. The van der Waals surface area contributed by atoms with E-state index in [9.17, 15) is 9.59 Å². The molecule has 0 spiro atoms. The van der Waals surface area contributed by atoms with Crippen LogP contribution in [-0.4, -0.2) is 11.9 Å². The van der Waals surface area contributed by atoms with Gasteiger partial charge in [0.25, 0.3) is 0 Å². The van der Waals surface area contributed by atoms with E-state index in [0.29, 0.717) is 12.2 Å². The second-order valence-electron chi connectivity index (χ2n) is 4.88. The van der Waals surface area contributed by atoms with Crippen LogP contribution in [0.15, 0.2) is 29.8 Å². The summed E-state index contributed by atoms with van der Waals surface area (Å²) in [7, 11) is 0. The van der Waals surface area contributed by atoms with E-state index in [1.165, 1.54) is 0 Å². The van der Waals surface area contributed by atoms with Crippen LogP contribution in [0.25, 0.3) is 0 Å². The Labute approximate surface area is 111 Å². The van der Waals surface area contributed by atoms with Gasteiger partial charge in [-0.25, -0.2) is 4.79 Å². The Kier molecular flexibility index (Phi) is 3.07. The number of aryl methyl sites for hydroxylation is 1. The number of anilines is 1. The van der Waals surface area contributed by atoms with E-state index in [1.807, 2.05) is 12.1 Å². The summed E-state index contributed by atoms with van der Waals surface area (Å²) in [5.74, 6) is 0.216. The molecule has 1 aromatic carbocycles. The molecule has 0 radical (unpaired) electrons. The van der Waals surface area contributed by atoms with Crippen molar-refractivity contribution in [3.8, 4) is 5.75 Å². The monoisotopic (exact) mass is 257 g/mol. The van der Waals surface area contributed by atoms with E-state index in [1.54, 1.807) is 12.1 Å². The first-order valence-electron chi connectivity index (χ1n) is 6.56. The van der Waals surface area contributed by atoms with E-state index in [2.05, 4.69) is 5.32 Å². The first-order chi connectivity index (χ1) is 9.22. The average molecular weight is 257 g/mol. The molecule has 1 amide bonds. The highest BCUT2D eigenvalue weighted by molar-refractivity contribution is 5.94. The molecule has 1 aliphatic heterocycles. The van der Waals surface area contributed by atoms with Crippen LogP contribution in [0.2, 0.25) is 0 Å². The molecule has 0 unspecified atom stereocenters. The lowest BCUT2D eigenvalue weighted by Gasteiger charge is -2.17. The molecule has 4 heteroatoms. The molecule has 0 atom stereocenters. The van der Waals surface area contributed by atoms with Gasteiger partial charge < -0.3 is 10.1 Å². The molecule has 0 bridgehead atoms. The summed E-state index contributed by atoms with van der Waals surface area (Å²) >= 11 is 0. The SMILES string of the molecule is O=C1CCc2ccc(OC(=O)C3=CCCC3)cc2N1. The summed E-state index contributed by atoms with van der Waals surface area (Å²) in [4.78, 5) is 23.2. The number of hydrogen-bond donors (Lipinski definition) is 1. The van der Waals surface area contributed by atoms with E-state index in [0.717, 1.165) is 42.5 Å². The molecule has 1 aromatic rings. The van der Waals surface area contributed by atoms with Crippen LogP contribution >= 0.6 is 0 Å². The Morgan fingerprint density at radius 1 is 1.21 bits per heavy atom. The molecule has 98 valence electrons. The quantitative estimate of drug-likeness (QED) is 0.654. The molecule has 4 nitrogen and oxygen atoms in total. The summed E-state index contributed by atoms with van der Waals surface area (Å²) in [5, 5.41) is 2.80. The zero-order valence-corrected chi connectivity index (χ0v) is 10.6. The molecule has 0 saturated carbocycles. The highest BCUT2D eigenvalue weighted by atomic mass is 16.5. The topological polar surface area (TPSA) is 55.4 Å². The maximum Gasteiger partial charge on any atom is 0.339 e. The minimum atomic E-state index is -0.278. The van der Waals surface area contributed by atoms with Gasteiger partial charge in [-0.05, 0) is 37.3 Å². The van der Waals surface area contributed by atoms with Crippen LogP contribution in [0.1, 0.15) is 31.2 Å². The van der Waals surface area contributed by atoms with E-state index in [4.69, 9.17) is 4.74 Å². The number of ether oxygens (including phenoxy) is 1. The molecule has 1 aliphatic carbocycles. The Morgan fingerprint density at radius 3 is 2.89 bits per heavy atom. The maximum atomic E-state index is 11.9. The highest BCUT2D eigenvalue weighted by Crippen LogP contribution is 2.28. The average Bonchev–Trinajstić information content (AvgIpc) is 2.92. The number of carbonyl (C=O) groups is 2. The van der Waals surface area contributed by atoms with Crippen molar-refractivity contribution < 1.29 is 14.3 Å². The smallest absolute Gasteiger partial charge is 0.339 e. The first kappa shape index (κ1) is 12.0. The number of hydrogen-bond acceptors (Lipinski definition) is 3. The maximum absolute atomic E-state index is 11.9. The molecule has 1 N–H and O–H groups in total. The molecule has 3 rings (SSSR count). The third kappa shape index (κ3) is 2.52. The Bertz CT molecular complexity index is 575. The third-order valence-corrected chi connectivity index (χ3v) is 3.49. The fraction of sp³-hybridized carbons (Fsp3) is 0.333. The summed E-state index contributed by atoms with van der Waals surface area (Å²) in [6.45, 7) is 0. The molecule has 19 heavy (non-hydrogen) atoms. The summed E-state index contributed by atoms with van der Waals surface area (Å²) in [6.07, 6.45) is 5.94. The van der Waals surface area contributed by atoms with Crippen molar-refractivity contribution in [1.82, 2.24) is 0 Å². The number of carbonyl (C=O) groups excluding carboxylic acids is 2. The third-order valence-electron chi connectivity index (χ3n) is 3.49. The first-order valence-corrected chi connectivity index (χ1v) is 6.56. The summed E-state index contributed by atoms with van der Waals surface area (Å²) in [6, 6.07) is 5.41. The number of nitrogens with one attached hydrogen (secondary N) is 1. The minimum Gasteiger partial charge on any atom is -0.423 e. The van der Waals surface area contributed by atoms with E-state index in [-0.39, 0.29) is 11.9 Å².